The first-order chi connectivity index (χ1) is 29.8. The van der Waals surface area contributed by atoms with Crippen molar-refractivity contribution < 1.29 is 38.2 Å². The van der Waals surface area contributed by atoms with Crippen LogP contribution in [0.5, 0.6) is 0 Å². The van der Waals surface area contributed by atoms with Gasteiger partial charge < -0.3 is 14.4 Å². The Labute approximate surface area is 355 Å². The van der Waals surface area contributed by atoms with Crippen molar-refractivity contribution in [3.63, 3.8) is 0 Å². The summed E-state index contributed by atoms with van der Waals surface area (Å²) in [6.07, 6.45) is 3.17. The summed E-state index contributed by atoms with van der Waals surface area (Å²) in [6.45, 7) is 5.38. The van der Waals surface area contributed by atoms with E-state index in [0.717, 1.165) is 33.2 Å². The van der Waals surface area contributed by atoms with Crippen molar-refractivity contribution in [3.8, 4) is 44.8 Å². The van der Waals surface area contributed by atoms with Gasteiger partial charge in [-0.2, -0.15) is 0 Å². The molecule has 5 heteroatoms. The van der Waals surface area contributed by atoms with Gasteiger partial charge in [0.2, 0.25) is 0 Å². The summed E-state index contributed by atoms with van der Waals surface area (Å²) in [6, 6.07) is 39.6. The molecule has 0 aliphatic heterocycles. The molecule has 0 atom stereocenters. The van der Waals surface area contributed by atoms with Gasteiger partial charge in [-0.05, 0) is 80.7 Å². The van der Waals surface area contributed by atoms with Crippen LogP contribution in [-0.4, -0.2) is 18.0 Å². The van der Waals surface area contributed by atoms with Crippen LogP contribution in [0.25, 0.3) is 66.7 Å². The average Bonchev–Trinajstić information content (AvgIpc) is 3.60. The van der Waals surface area contributed by atoms with Crippen molar-refractivity contribution in [2.75, 3.05) is 0 Å². The number of hydrogen-bond acceptors (Lipinski definition) is 3. The summed E-state index contributed by atoms with van der Waals surface area (Å²) in [5.41, 5.74) is 6.31. The maximum atomic E-state index is 8.94. The van der Waals surface area contributed by atoms with Crippen LogP contribution in [0.3, 0.4) is 0 Å². The molecule has 3 aromatic heterocycles. The molecule has 8 aromatic rings. The minimum Gasteiger partial charge on any atom is -0.501 e. The molecule has 279 valence electrons. The number of benzene rings is 5. The van der Waals surface area contributed by atoms with E-state index < -0.39 is 34.0 Å². The summed E-state index contributed by atoms with van der Waals surface area (Å²) in [5, 5.41) is 3.06. The number of rotatable bonds is 5. The second-order valence-electron chi connectivity index (χ2n) is 15.5. The van der Waals surface area contributed by atoms with Crippen LogP contribution in [0.15, 0.2) is 132 Å². The molecule has 3 heterocycles. The fourth-order valence-electron chi connectivity index (χ4n) is 6.27. The predicted molar refractivity (Wildman–Crippen MR) is 231 cm³/mol. The van der Waals surface area contributed by atoms with Gasteiger partial charge in [-0.1, -0.05) is 137 Å². The number of hydrogen-bond donors (Lipinski definition) is 0. The van der Waals surface area contributed by atoms with Gasteiger partial charge in [0.15, 0.2) is 0 Å². The maximum Gasteiger partial charge on any atom is 0.121 e. The number of aromatic nitrogens is 2. The van der Waals surface area contributed by atoms with E-state index in [-0.39, 0.29) is 48.4 Å². The Balaban J connectivity index is 0.000000280. The second-order valence-corrected chi connectivity index (χ2v) is 20.6. The third kappa shape index (κ3) is 8.65. The molecule has 0 aliphatic rings. The van der Waals surface area contributed by atoms with E-state index in [4.69, 9.17) is 18.1 Å². The normalized spacial score (nSPS) is 14.9. The van der Waals surface area contributed by atoms with Gasteiger partial charge in [0, 0.05) is 50.2 Å². The van der Waals surface area contributed by atoms with Crippen LogP contribution in [0, 0.1) is 32.7 Å². The van der Waals surface area contributed by atoms with Crippen molar-refractivity contribution in [2.24, 2.45) is 0 Å². The van der Waals surface area contributed by atoms with Gasteiger partial charge in [-0.15, -0.1) is 53.6 Å². The largest absolute Gasteiger partial charge is 0.501 e. The molecule has 1 radical (unpaired) electrons. The standard InChI is InChI=1S/C35H30NO.C15H18NSi.Ir/c1-22-18-26(35(3,4)5)15-17-27(22)31-20-32(36-21-23(31)2)30-13-9-12-29-28-16-14-25(19-33(28)37-34(29)30)24-10-7-6-8-11-24;1-12-5-7-13(8-6-12)15-10-9-14(11-16-15)17(2,3)4;/h6-12,14-21H,1-5H3;5-7,9-11H,1-4H3;/q2*-1;/i1D3,2D3,17D;1D3;. The van der Waals surface area contributed by atoms with Crippen LogP contribution in [0.2, 0.25) is 19.6 Å². The van der Waals surface area contributed by atoms with Crippen LogP contribution in [0.4, 0.5) is 0 Å². The molecular weight excluding hydrogens is 865 g/mol. The van der Waals surface area contributed by atoms with Crippen molar-refractivity contribution in [1.82, 2.24) is 9.97 Å². The fourth-order valence-corrected chi connectivity index (χ4v) is 7.31. The number of fused-ring (bicyclic) bond motifs is 3. The molecule has 0 bridgehead atoms. The zero-order chi connectivity index (χ0) is 46.6. The zero-order valence-electron chi connectivity index (χ0n) is 41.7. The average molecular weight is 923 g/mol. The van der Waals surface area contributed by atoms with Crippen LogP contribution >= 0.6 is 0 Å². The van der Waals surface area contributed by atoms with E-state index >= 15 is 0 Å². The molecule has 3 nitrogen and oxygen atoms in total. The number of furan rings is 1. The van der Waals surface area contributed by atoms with Crippen molar-refractivity contribution in [1.29, 1.82) is 0 Å². The van der Waals surface area contributed by atoms with E-state index in [0.29, 0.717) is 33.6 Å². The number of pyridine rings is 2. The molecule has 8 rings (SSSR count). The summed E-state index contributed by atoms with van der Waals surface area (Å²) in [7, 11) is -1.34. The van der Waals surface area contributed by atoms with Gasteiger partial charge in [0.1, 0.15) is 5.58 Å². The van der Waals surface area contributed by atoms with E-state index in [1.807, 2.05) is 87.6 Å². The van der Waals surface area contributed by atoms with Gasteiger partial charge in [-0.3, -0.25) is 0 Å². The quantitative estimate of drug-likeness (QED) is 0.128. The molecule has 0 unspecified atom stereocenters. The van der Waals surface area contributed by atoms with Gasteiger partial charge in [0.05, 0.1) is 15.0 Å². The minimum atomic E-state index is -2.61. The molecule has 0 fully saturated rings. The molecule has 55 heavy (non-hydrogen) atoms. The van der Waals surface area contributed by atoms with Gasteiger partial charge in [-0.25, -0.2) is 0 Å². The second kappa shape index (κ2) is 16.0. The van der Waals surface area contributed by atoms with E-state index in [9.17, 15) is 0 Å². The third-order valence-corrected chi connectivity index (χ3v) is 11.5. The zero-order valence-corrected chi connectivity index (χ0v) is 35.1. The smallest absolute Gasteiger partial charge is 0.121 e. The molecule has 0 aliphatic carbocycles. The monoisotopic (exact) mass is 923 g/mol. The number of aryl methyl sites for hydroxylation is 3. The van der Waals surface area contributed by atoms with Crippen LogP contribution in [0.1, 0.15) is 56.7 Å². The van der Waals surface area contributed by atoms with Crippen molar-refractivity contribution in [3.05, 3.63) is 162 Å². The summed E-state index contributed by atoms with van der Waals surface area (Å²) < 4.78 is 87.1. The van der Waals surface area contributed by atoms with Gasteiger partial charge >= 0.3 is 0 Å². The Morgan fingerprint density at radius 2 is 1.51 bits per heavy atom. The van der Waals surface area contributed by atoms with Crippen molar-refractivity contribution >= 4 is 35.2 Å². The molecule has 0 amide bonds. The van der Waals surface area contributed by atoms with Crippen molar-refractivity contribution in [2.45, 2.75) is 66.4 Å². The van der Waals surface area contributed by atoms with E-state index in [2.05, 4.69) is 47.8 Å². The Kier molecular flexibility index (Phi) is 8.30. The molecule has 5 aromatic carbocycles. The van der Waals surface area contributed by atoms with Crippen LogP contribution in [-0.2, 0) is 25.5 Å². The Morgan fingerprint density at radius 1 is 0.709 bits per heavy atom. The topological polar surface area (TPSA) is 38.9 Å². The summed E-state index contributed by atoms with van der Waals surface area (Å²) >= 11 is 0. The number of nitrogens with zero attached hydrogens (tertiary/aromatic N) is 2. The Bertz CT molecular complexity index is 2910. The predicted octanol–water partition coefficient (Wildman–Crippen LogP) is 13.1. The first-order valence-corrected chi connectivity index (χ1v) is 21.4. The summed E-state index contributed by atoms with van der Waals surface area (Å²) in [4.78, 5) is 8.98. The third-order valence-electron chi connectivity index (χ3n) is 9.50. The van der Waals surface area contributed by atoms with Gasteiger partial charge in [0.25, 0.3) is 0 Å². The SMILES string of the molecule is [2H]C([2H])([2H])c1c[c-]c(-c2ccc([Si](C)(C)C)cn2)cc1.[2H]c1cc(C(C)(C)C)cc(C([2H])([2H])[2H])c1-c1cc(-c2[c-]ccc3c2oc2cc(-c4ccccc4)ccc23)ncc1C([2H])([2H])[2H].[Ir]. The first kappa shape index (κ1) is 28.5. The van der Waals surface area contributed by atoms with Crippen LogP contribution < -0.4 is 5.19 Å². The molecular formula is C50H48IrN2OSi-2. The van der Waals surface area contributed by atoms with E-state index in [1.165, 1.54) is 17.4 Å². The fraction of sp³-hybridized carbons (Fsp3) is 0.200. The Hall–Kier alpha value is -4.93. The molecule has 0 spiro atoms. The Morgan fingerprint density at radius 3 is 2.18 bits per heavy atom. The molecule has 0 saturated heterocycles. The first-order valence-electron chi connectivity index (χ1n) is 22.9. The summed E-state index contributed by atoms with van der Waals surface area (Å²) in [5.74, 6) is 0. The molecule has 0 N–H and O–H groups in total. The molecule has 0 saturated carbocycles. The van der Waals surface area contributed by atoms with E-state index in [1.54, 1.807) is 36.4 Å². The minimum absolute atomic E-state index is 0. The maximum absolute atomic E-state index is 8.94.